The first kappa shape index (κ1) is 12.7. The summed E-state index contributed by atoms with van der Waals surface area (Å²) in [5.41, 5.74) is 2.05. The summed E-state index contributed by atoms with van der Waals surface area (Å²) >= 11 is 1.39. The highest BCUT2D eigenvalue weighted by atomic mass is 32.1. The van der Waals surface area contributed by atoms with Gasteiger partial charge in [-0.25, -0.2) is 9.78 Å². The van der Waals surface area contributed by atoms with Gasteiger partial charge in [-0.2, -0.15) is 0 Å². The van der Waals surface area contributed by atoms with Gasteiger partial charge in [0, 0.05) is 7.11 Å². The molecule has 0 aliphatic carbocycles. The Labute approximate surface area is 109 Å². The van der Waals surface area contributed by atoms with Gasteiger partial charge in [0.15, 0.2) is 5.69 Å². The van der Waals surface area contributed by atoms with Crippen LogP contribution in [-0.2, 0) is 11.3 Å². The highest BCUT2D eigenvalue weighted by molar-refractivity contribution is 7.15. The molecular weight excluding hydrogens is 250 g/mol. The number of nitrogens with zero attached hydrogens (tertiary/aromatic N) is 1. The number of aromatic nitrogens is 1. The maximum atomic E-state index is 11.1. The number of benzene rings is 1. The van der Waals surface area contributed by atoms with Crippen molar-refractivity contribution in [2.45, 2.75) is 13.5 Å². The normalized spacial score (nSPS) is 10.6. The molecule has 0 saturated heterocycles. The second kappa shape index (κ2) is 5.29. The molecule has 1 heterocycles. The molecule has 0 unspecified atom stereocenters. The van der Waals surface area contributed by atoms with Crippen molar-refractivity contribution >= 4 is 17.3 Å². The molecule has 94 valence electrons. The van der Waals surface area contributed by atoms with Crippen LogP contribution in [0, 0.1) is 6.92 Å². The third-order valence-electron chi connectivity index (χ3n) is 2.46. The van der Waals surface area contributed by atoms with Crippen LogP contribution in [0.3, 0.4) is 0 Å². The fraction of sp³-hybridized carbons (Fsp3) is 0.231. The number of thiazole rings is 1. The summed E-state index contributed by atoms with van der Waals surface area (Å²) in [5.74, 6) is -0.990. The van der Waals surface area contributed by atoms with Crippen LogP contribution in [0.1, 0.15) is 21.1 Å². The number of aryl methyl sites for hydroxylation is 1. The van der Waals surface area contributed by atoms with E-state index in [1.54, 1.807) is 14.0 Å². The van der Waals surface area contributed by atoms with Gasteiger partial charge in [-0.3, -0.25) is 0 Å². The van der Waals surface area contributed by atoms with Crippen molar-refractivity contribution in [3.63, 3.8) is 0 Å². The third kappa shape index (κ3) is 2.57. The lowest BCUT2D eigenvalue weighted by Gasteiger charge is -2.02. The molecule has 0 aliphatic heterocycles. The molecule has 0 spiro atoms. The number of carboxylic acids is 1. The fourth-order valence-electron chi connectivity index (χ4n) is 1.69. The molecule has 18 heavy (non-hydrogen) atoms. The predicted molar refractivity (Wildman–Crippen MR) is 70.0 cm³/mol. The molecule has 4 nitrogen and oxygen atoms in total. The minimum atomic E-state index is -0.990. The molecule has 0 bridgehead atoms. The van der Waals surface area contributed by atoms with Gasteiger partial charge in [-0.1, -0.05) is 24.3 Å². The van der Waals surface area contributed by atoms with Crippen LogP contribution in [0.15, 0.2) is 24.3 Å². The van der Waals surface area contributed by atoms with Crippen LogP contribution in [0.5, 0.6) is 0 Å². The summed E-state index contributed by atoms with van der Waals surface area (Å²) in [4.78, 5) is 15.8. The van der Waals surface area contributed by atoms with Crippen LogP contribution < -0.4 is 0 Å². The second-order valence-corrected chi connectivity index (χ2v) is 5.05. The van der Waals surface area contributed by atoms with Gasteiger partial charge in [0.25, 0.3) is 0 Å². The Kier molecular flexibility index (Phi) is 3.74. The Morgan fingerprint density at radius 1 is 1.39 bits per heavy atom. The van der Waals surface area contributed by atoms with E-state index in [0.717, 1.165) is 16.1 Å². The van der Waals surface area contributed by atoms with Crippen molar-refractivity contribution in [1.82, 2.24) is 4.98 Å². The number of methoxy groups -OCH3 is 1. The maximum Gasteiger partial charge on any atom is 0.356 e. The third-order valence-corrected chi connectivity index (χ3v) is 3.48. The van der Waals surface area contributed by atoms with Gasteiger partial charge in [0.05, 0.1) is 16.5 Å². The molecule has 1 N–H and O–H groups in total. The fourth-order valence-corrected chi connectivity index (χ4v) is 2.60. The average Bonchev–Trinajstić information content (AvgIpc) is 2.73. The summed E-state index contributed by atoms with van der Waals surface area (Å²) in [5, 5.41) is 9.86. The van der Waals surface area contributed by atoms with Crippen molar-refractivity contribution in [1.29, 1.82) is 0 Å². The number of carbonyl (C=O) groups is 1. The maximum absolute atomic E-state index is 11.1. The van der Waals surface area contributed by atoms with E-state index >= 15 is 0 Å². The van der Waals surface area contributed by atoms with Gasteiger partial charge in [0.1, 0.15) is 0 Å². The first-order valence-corrected chi connectivity index (χ1v) is 6.22. The quantitative estimate of drug-likeness (QED) is 0.921. The largest absolute Gasteiger partial charge is 0.476 e. The van der Waals surface area contributed by atoms with E-state index in [-0.39, 0.29) is 5.69 Å². The predicted octanol–water partition coefficient (Wildman–Crippen LogP) is 2.96. The van der Waals surface area contributed by atoms with Crippen LogP contribution in [-0.4, -0.2) is 23.2 Å². The summed E-state index contributed by atoms with van der Waals surface area (Å²) < 4.78 is 5.04. The van der Waals surface area contributed by atoms with Crippen LogP contribution in [0.2, 0.25) is 0 Å². The zero-order chi connectivity index (χ0) is 13.1. The molecule has 0 atom stereocenters. The number of carboxylic acid groups (broad SMARTS) is 1. The standard InChI is InChI=1S/C13H13NO3S/c1-8-14-11(13(15)16)12(18-8)10-5-3-9(4-6-10)7-17-2/h3-6H,7H2,1-2H3,(H,15,16). The Balaban J connectivity index is 2.39. The van der Waals surface area contributed by atoms with Crippen molar-refractivity contribution in [2.24, 2.45) is 0 Å². The molecule has 0 amide bonds. The molecule has 1 aromatic carbocycles. The Morgan fingerprint density at radius 2 is 2.06 bits per heavy atom. The van der Waals surface area contributed by atoms with E-state index in [0.29, 0.717) is 11.5 Å². The second-order valence-electron chi connectivity index (χ2n) is 3.85. The van der Waals surface area contributed by atoms with Gasteiger partial charge in [-0.05, 0) is 18.1 Å². The lowest BCUT2D eigenvalue weighted by atomic mass is 10.1. The van der Waals surface area contributed by atoms with Crippen LogP contribution >= 0.6 is 11.3 Å². The summed E-state index contributed by atoms with van der Waals surface area (Å²) in [7, 11) is 1.64. The van der Waals surface area contributed by atoms with E-state index in [1.165, 1.54) is 11.3 Å². The molecule has 0 aliphatic rings. The van der Waals surface area contributed by atoms with Crippen LogP contribution in [0.25, 0.3) is 10.4 Å². The van der Waals surface area contributed by atoms with Gasteiger partial charge in [0.2, 0.25) is 0 Å². The van der Waals surface area contributed by atoms with E-state index in [9.17, 15) is 4.79 Å². The molecular formula is C13H13NO3S. The first-order valence-electron chi connectivity index (χ1n) is 5.41. The average molecular weight is 263 g/mol. The Hall–Kier alpha value is -1.72. The van der Waals surface area contributed by atoms with Crippen molar-refractivity contribution in [2.75, 3.05) is 7.11 Å². The molecule has 0 saturated carbocycles. The molecule has 1 aromatic heterocycles. The Bertz CT molecular complexity index is 560. The topological polar surface area (TPSA) is 59.4 Å². The number of hydrogen-bond donors (Lipinski definition) is 1. The number of aromatic carboxylic acids is 1. The summed E-state index contributed by atoms with van der Waals surface area (Å²) in [6.07, 6.45) is 0. The SMILES string of the molecule is COCc1ccc(-c2sc(C)nc2C(=O)O)cc1. The highest BCUT2D eigenvalue weighted by Crippen LogP contribution is 2.30. The van der Waals surface area contributed by atoms with Crippen LogP contribution in [0.4, 0.5) is 0 Å². The Morgan fingerprint density at radius 3 is 2.61 bits per heavy atom. The minimum absolute atomic E-state index is 0.122. The van der Waals surface area contributed by atoms with E-state index < -0.39 is 5.97 Å². The van der Waals surface area contributed by atoms with E-state index in [1.807, 2.05) is 24.3 Å². The monoisotopic (exact) mass is 263 g/mol. The van der Waals surface area contributed by atoms with Crippen molar-refractivity contribution in [3.05, 3.63) is 40.5 Å². The van der Waals surface area contributed by atoms with Crippen molar-refractivity contribution in [3.8, 4) is 10.4 Å². The number of rotatable bonds is 4. The van der Waals surface area contributed by atoms with E-state index in [2.05, 4.69) is 4.98 Å². The number of hydrogen-bond acceptors (Lipinski definition) is 4. The molecule has 0 fully saturated rings. The van der Waals surface area contributed by atoms with Gasteiger partial charge >= 0.3 is 5.97 Å². The molecule has 2 rings (SSSR count). The summed E-state index contributed by atoms with van der Waals surface area (Å²) in [6.45, 7) is 2.35. The highest BCUT2D eigenvalue weighted by Gasteiger charge is 2.17. The first-order chi connectivity index (χ1) is 8.61. The van der Waals surface area contributed by atoms with E-state index in [4.69, 9.17) is 9.84 Å². The zero-order valence-corrected chi connectivity index (χ0v) is 11.0. The molecule has 0 radical (unpaired) electrons. The van der Waals surface area contributed by atoms with Crippen molar-refractivity contribution < 1.29 is 14.6 Å². The lowest BCUT2D eigenvalue weighted by Crippen LogP contribution is -1.98. The lowest BCUT2D eigenvalue weighted by molar-refractivity contribution is 0.0692. The minimum Gasteiger partial charge on any atom is -0.476 e. The smallest absolute Gasteiger partial charge is 0.356 e. The summed E-state index contributed by atoms with van der Waals surface area (Å²) in [6, 6.07) is 7.65. The van der Waals surface area contributed by atoms with Gasteiger partial charge in [-0.15, -0.1) is 11.3 Å². The zero-order valence-electron chi connectivity index (χ0n) is 10.1. The molecule has 5 heteroatoms. The molecule has 2 aromatic rings. The number of ether oxygens (including phenoxy) is 1. The van der Waals surface area contributed by atoms with Gasteiger partial charge < -0.3 is 9.84 Å².